The number of methoxy groups -OCH3 is 2. The first-order valence-electron chi connectivity index (χ1n) is 5.87. The number of nitriles is 1. The number of hydrogen-bond donors (Lipinski definition) is 1. The van der Waals surface area contributed by atoms with E-state index in [1.807, 2.05) is 6.92 Å². The molecule has 1 unspecified atom stereocenters. The summed E-state index contributed by atoms with van der Waals surface area (Å²) in [5.74, 6) is -0.208. The molecule has 0 bridgehead atoms. The van der Waals surface area contributed by atoms with Gasteiger partial charge in [0.1, 0.15) is 11.5 Å². The highest BCUT2D eigenvalue weighted by molar-refractivity contribution is 5.67. The van der Waals surface area contributed by atoms with Crippen molar-refractivity contribution in [1.29, 1.82) is 5.26 Å². The van der Waals surface area contributed by atoms with E-state index in [2.05, 4.69) is 6.07 Å². The molecular weight excluding hydrogens is 246 g/mol. The quantitative estimate of drug-likeness (QED) is 0.852. The summed E-state index contributed by atoms with van der Waals surface area (Å²) in [4.78, 5) is 10.6. The van der Waals surface area contributed by atoms with Gasteiger partial charge in [0.15, 0.2) is 0 Å². The molecule has 1 atom stereocenters. The van der Waals surface area contributed by atoms with Crippen LogP contribution in [0, 0.1) is 18.3 Å². The van der Waals surface area contributed by atoms with Crippen LogP contribution in [0.4, 0.5) is 0 Å². The Morgan fingerprint density at radius 2 is 2.00 bits per heavy atom. The molecule has 19 heavy (non-hydrogen) atoms. The van der Waals surface area contributed by atoms with Gasteiger partial charge in [0, 0.05) is 12.0 Å². The first kappa shape index (κ1) is 14.8. The lowest BCUT2D eigenvalue weighted by molar-refractivity contribution is -0.137. The SMILES string of the molecule is COc1cc(C(C#N)CCC(=O)O)c(OC)cc1C. The average molecular weight is 263 g/mol. The molecule has 0 aliphatic rings. The molecule has 5 nitrogen and oxygen atoms in total. The van der Waals surface area contributed by atoms with E-state index in [0.717, 1.165) is 5.56 Å². The van der Waals surface area contributed by atoms with Gasteiger partial charge in [-0.3, -0.25) is 4.79 Å². The van der Waals surface area contributed by atoms with Crippen molar-refractivity contribution in [3.8, 4) is 17.6 Å². The van der Waals surface area contributed by atoms with Crippen LogP contribution in [0.1, 0.15) is 29.9 Å². The van der Waals surface area contributed by atoms with Crippen LogP contribution in [0.25, 0.3) is 0 Å². The Kier molecular flexibility index (Phi) is 5.19. The number of ether oxygens (including phenoxy) is 2. The lowest BCUT2D eigenvalue weighted by atomic mass is 9.93. The van der Waals surface area contributed by atoms with Gasteiger partial charge in [-0.25, -0.2) is 0 Å². The van der Waals surface area contributed by atoms with Crippen LogP contribution in [0.5, 0.6) is 11.5 Å². The molecular formula is C14H17NO4. The zero-order valence-electron chi connectivity index (χ0n) is 11.3. The Hall–Kier alpha value is -2.22. The summed E-state index contributed by atoms with van der Waals surface area (Å²) in [5.41, 5.74) is 1.56. The van der Waals surface area contributed by atoms with Crippen LogP contribution in [-0.4, -0.2) is 25.3 Å². The van der Waals surface area contributed by atoms with Gasteiger partial charge in [-0.2, -0.15) is 5.26 Å². The number of carbonyl (C=O) groups is 1. The molecule has 0 fully saturated rings. The van der Waals surface area contributed by atoms with Gasteiger partial charge in [0.25, 0.3) is 0 Å². The van der Waals surface area contributed by atoms with E-state index in [1.54, 1.807) is 19.2 Å². The summed E-state index contributed by atoms with van der Waals surface area (Å²) in [6, 6.07) is 5.65. The maximum absolute atomic E-state index is 10.6. The van der Waals surface area contributed by atoms with E-state index < -0.39 is 11.9 Å². The average Bonchev–Trinajstić information content (AvgIpc) is 2.39. The molecule has 102 valence electrons. The summed E-state index contributed by atoms with van der Waals surface area (Å²) in [6.45, 7) is 1.88. The minimum atomic E-state index is -0.918. The summed E-state index contributed by atoms with van der Waals surface area (Å²) in [7, 11) is 3.08. The van der Waals surface area contributed by atoms with Crippen LogP contribution in [0.15, 0.2) is 12.1 Å². The Labute approximate surface area is 112 Å². The van der Waals surface area contributed by atoms with Gasteiger partial charge in [-0.1, -0.05) is 0 Å². The molecule has 0 amide bonds. The summed E-state index contributed by atoms with van der Waals surface area (Å²) < 4.78 is 10.5. The van der Waals surface area contributed by atoms with Crippen molar-refractivity contribution < 1.29 is 19.4 Å². The second-order valence-corrected chi connectivity index (χ2v) is 4.18. The highest BCUT2D eigenvalue weighted by Gasteiger charge is 2.19. The van der Waals surface area contributed by atoms with Crippen molar-refractivity contribution in [1.82, 2.24) is 0 Å². The number of aryl methyl sites for hydroxylation is 1. The molecule has 0 aliphatic heterocycles. The zero-order chi connectivity index (χ0) is 14.4. The van der Waals surface area contributed by atoms with Gasteiger partial charge in [-0.15, -0.1) is 0 Å². The van der Waals surface area contributed by atoms with Crippen molar-refractivity contribution in [3.63, 3.8) is 0 Å². The smallest absolute Gasteiger partial charge is 0.303 e. The first-order valence-corrected chi connectivity index (χ1v) is 5.87. The number of benzene rings is 1. The second kappa shape index (κ2) is 6.64. The summed E-state index contributed by atoms with van der Waals surface area (Å²) in [5, 5.41) is 17.9. The molecule has 5 heteroatoms. The Balaban J connectivity index is 3.14. The predicted molar refractivity (Wildman–Crippen MR) is 69.5 cm³/mol. The van der Waals surface area contributed by atoms with Crippen LogP contribution < -0.4 is 9.47 Å². The molecule has 0 aliphatic carbocycles. The fourth-order valence-corrected chi connectivity index (χ4v) is 1.90. The third kappa shape index (κ3) is 3.62. The summed E-state index contributed by atoms with van der Waals surface area (Å²) in [6.07, 6.45) is 0.186. The van der Waals surface area contributed by atoms with E-state index in [-0.39, 0.29) is 12.8 Å². The minimum Gasteiger partial charge on any atom is -0.496 e. The van der Waals surface area contributed by atoms with Crippen LogP contribution >= 0.6 is 0 Å². The third-order valence-corrected chi connectivity index (χ3v) is 2.93. The van der Waals surface area contributed by atoms with Gasteiger partial charge < -0.3 is 14.6 Å². The van der Waals surface area contributed by atoms with Crippen LogP contribution in [0.3, 0.4) is 0 Å². The van der Waals surface area contributed by atoms with Gasteiger partial charge in [-0.05, 0) is 31.0 Å². The topological polar surface area (TPSA) is 79.5 Å². The molecule has 1 aromatic carbocycles. The molecule has 0 radical (unpaired) electrons. The summed E-state index contributed by atoms with van der Waals surface area (Å²) >= 11 is 0. The van der Waals surface area contributed by atoms with Crippen LogP contribution in [0.2, 0.25) is 0 Å². The number of carboxylic acids is 1. The third-order valence-electron chi connectivity index (χ3n) is 2.93. The predicted octanol–water partition coefficient (Wildman–Crippen LogP) is 2.48. The van der Waals surface area contributed by atoms with Crippen molar-refractivity contribution in [2.45, 2.75) is 25.7 Å². The van der Waals surface area contributed by atoms with Crippen LogP contribution in [-0.2, 0) is 4.79 Å². The standard InChI is InChI=1S/C14H17NO4/c1-9-6-13(19-3)11(7-12(9)18-2)10(8-15)4-5-14(16)17/h6-7,10H,4-5H2,1-3H3,(H,16,17). The highest BCUT2D eigenvalue weighted by Crippen LogP contribution is 2.35. The normalized spacial score (nSPS) is 11.5. The van der Waals surface area contributed by atoms with Gasteiger partial charge in [0.05, 0.1) is 26.2 Å². The van der Waals surface area contributed by atoms with Gasteiger partial charge in [0.2, 0.25) is 0 Å². The Morgan fingerprint density at radius 3 is 2.47 bits per heavy atom. The molecule has 1 aromatic rings. The fourth-order valence-electron chi connectivity index (χ4n) is 1.90. The van der Waals surface area contributed by atoms with E-state index >= 15 is 0 Å². The molecule has 0 heterocycles. The largest absolute Gasteiger partial charge is 0.496 e. The van der Waals surface area contributed by atoms with Crippen molar-refractivity contribution in [2.75, 3.05) is 14.2 Å². The molecule has 0 saturated heterocycles. The van der Waals surface area contributed by atoms with Crippen molar-refractivity contribution in [3.05, 3.63) is 23.3 Å². The zero-order valence-corrected chi connectivity index (χ0v) is 11.3. The maximum atomic E-state index is 10.6. The number of hydrogen-bond acceptors (Lipinski definition) is 4. The lowest BCUT2D eigenvalue weighted by Gasteiger charge is -2.16. The van der Waals surface area contributed by atoms with Crippen molar-refractivity contribution in [2.24, 2.45) is 0 Å². The minimum absolute atomic E-state index is 0.0580. The van der Waals surface area contributed by atoms with E-state index in [0.29, 0.717) is 17.1 Å². The number of carboxylic acid groups (broad SMARTS) is 1. The lowest BCUT2D eigenvalue weighted by Crippen LogP contribution is -2.04. The van der Waals surface area contributed by atoms with E-state index in [1.165, 1.54) is 7.11 Å². The molecule has 1 N–H and O–H groups in total. The first-order chi connectivity index (χ1) is 9.03. The Morgan fingerprint density at radius 1 is 1.37 bits per heavy atom. The number of nitrogens with zero attached hydrogens (tertiary/aromatic N) is 1. The molecule has 0 spiro atoms. The molecule has 0 aromatic heterocycles. The molecule has 1 rings (SSSR count). The second-order valence-electron chi connectivity index (χ2n) is 4.18. The molecule has 0 saturated carbocycles. The number of rotatable bonds is 6. The van der Waals surface area contributed by atoms with E-state index in [9.17, 15) is 10.1 Å². The van der Waals surface area contributed by atoms with Crippen molar-refractivity contribution >= 4 is 5.97 Å². The maximum Gasteiger partial charge on any atom is 0.303 e. The number of aliphatic carboxylic acids is 1. The van der Waals surface area contributed by atoms with Gasteiger partial charge >= 0.3 is 5.97 Å². The fraction of sp³-hybridized carbons (Fsp3) is 0.429. The Bertz CT molecular complexity index is 505. The monoisotopic (exact) mass is 263 g/mol. The highest BCUT2D eigenvalue weighted by atomic mass is 16.5. The van der Waals surface area contributed by atoms with E-state index in [4.69, 9.17) is 14.6 Å².